The first-order valence-corrected chi connectivity index (χ1v) is 10.7. The molecule has 0 spiro atoms. The third kappa shape index (κ3) is 3.45. The van der Waals surface area contributed by atoms with Crippen molar-refractivity contribution in [2.75, 3.05) is 13.7 Å². The van der Waals surface area contributed by atoms with Gasteiger partial charge in [0.05, 0.1) is 24.1 Å². The molecule has 0 saturated carbocycles. The van der Waals surface area contributed by atoms with Crippen LogP contribution in [-0.2, 0) is 6.42 Å². The quantitative estimate of drug-likeness (QED) is 0.421. The van der Waals surface area contributed by atoms with E-state index in [4.69, 9.17) is 20.8 Å². The van der Waals surface area contributed by atoms with Gasteiger partial charge in [-0.15, -0.1) is 0 Å². The minimum Gasteiger partial charge on any atom is -0.497 e. The van der Waals surface area contributed by atoms with Gasteiger partial charge in [-0.1, -0.05) is 54.1 Å². The molecule has 0 aliphatic carbocycles. The Morgan fingerprint density at radius 1 is 1.00 bits per heavy atom. The average molecular weight is 446 g/mol. The van der Waals surface area contributed by atoms with Gasteiger partial charge in [-0.3, -0.25) is 9.59 Å². The van der Waals surface area contributed by atoms with Crippen molar-refractivity contribution in [3.05, 3.63) is 110 Å². The van der Waals surface area contributed by atoms with Crippen molar-refractivity contribution in [1.82, 2.24) is 4.90 Å². The van der Waals surface area contributed by atoms with Gasteiger partial charge in [0, 0.05) is 11.6 Å². The summed E-state index contributed by atoms with van der Waals surface area (Å²) in [5.74, 6) is 0.602. The van der Waals surface area contributed by atoms with Gasteiger partial charge in [0.2, 0.25) is 5.76 Å². The van der Waals surface area contributed by atoms with Crippen molar-refractivity contribution in [3.63, 3.8) is 0 Å². The molecule has 6 heteroatoms. The summed E-state index contributed by atoms with van der Waals surface area (Å²) in [6.07, 6.45) is 0.632. The van der Waals surface area contributed by atoms with Crippen molar-refractivity contribution < 1.29 is 13.9 Å². The number of amides is 1. The molecule has 5 nitrogen and oxygen atoms in total. The lowest BCUT2D eigenvalue weighted by Gasteiger charge is -2.25. The van der Waals surface area contributed by atoms with Gasteiger partial charge in [0.15, 0.2) is 5.43 Å². The van der Waals surface area contributed by atoms with Gasteiger partial charge in [-0.25, -0.2) is 0 Å². The highest BCUT2D eigenvalue weighted by Gasteiger charge is 2.42. The van der Waals surface area contributed by atoms with Crippen LogP contribution in [0.4, 0.5) is 0 Å². The highest BCUT2D eigenvalue weighted by Crippen LogP contribution is 2.38. The van der Waals surface area contributed by atoms with Crippen LogP contribution in [0.5, 0.6) is 5.75 Å². The van der Waals surface area contributed by atoms with E-state index in [1.54, 1.807) is 30.2 Å². The predicted molar refractivity (Wildman–Crippen MR) is 124 cm³/mol. The smallest absolute Gasteiger partial charge is 0.290 e. The number of benzene rings is 3. The van der Waals surface area contributed by atoms with E-state index in [-0.39, 0.29) is 17.1 Å². The molecule has 1 aliphatic rings. The number of rotatable bonds is 5. The van der Waals surface area contributed by atoms with Crippen LogP contribution in [0.25, 0.3) is 11.0 Å². The lowest BCUT2D eigenvalue weighted by molar-refractivity contribution is 0.0730. The van der Waals surface area contributed by atoms with E-state index in [2.05, 4.69) is 0 Å². The summed E-state index contributed by atoms with van der Waals surface area (Å²) in [5, 5.41) is 0.823. The van der Waals surface area contributed by atoms with Crippen LogP contribution in [0, 0.1) is 0 Å². The Morgan fingerprint density at radius 2 is 1.75 bits per heavy atom. The largest absolute Gasteiger partial charge is 0.497 e. The van der Waals surface area contributed by atoms with Gasteiger partial charge in [0.1, 0.15) is 11.3 Å². The number of fused-ring (bicyclic) bond motifs is 2. The van der Waals surface area contributed by atoms with E-state index in [1.165, 1.54) is 0 Å². The maximum atomic E-state index is 13.5. The molecule has 0 N–H and O–H groups in total. The summed E-state index contributed by atoms with van der Waals surface area (Å²) in [7, 11) is 1.63. The fraction of sp³-hybridized carbons (Fsp3) is 0.154. The second kappa shape index (κ2) is 8.17. The second-order valence-corrected chi connectivity index (χ2v) is 8.16. The first-order valence-electron chi connectivity index (χ1n) is 10.3. The second-order valence-electron chi connectivity index (χ2n) is 7.72. The van der Waals surface area contributed by atoms with Gasteiger partial charge in [0.25, 0.3) is 5.91 Å². The van der Waals surface area contributed by atoms with E-state index in [0.29, 0.717) is 34.5 Å². The van der Waals surface area contributed by atoms with Crippen molar-refractivity contribution in [1.29, 1.82) is 0 Å². The molecule has 4 aromatic rings. The van der Waals surface area contributed by atoms with Crippen molar-refractivity contribution in [2.24, 2.45) is 0 Å². The Bertz CT molecular complexity index is 1360. The fourth-order valence-corrected chi connectivity index (χ4v) is 4.42. The average Bonchev–Trinajstić information content (AvgIpc) is 3.11. The van der Waals surface area contributed by atoms with Crippen LogP contribution in [-0.4, -0.2) is 24.5 Å². The molecule has 160 valence electrons. The van der Waals surface area contributed by atoms with Gasteiger partial charge >= 0.3 is 0 Å². The lowest BCUT2D eigenvalue weighted by atomic mass is 9.98. The molecular weight excluding hydrogens is 426 g/mol. The number of halogens is 1. The number of ether oxygens (including phenoxy) is 1. The first-order chi connectivity index (χ1) is 15.6. The van der Waals surface area contributed by atoms with Crippen molar-refractivity contribution in [3.8, 4) is 5.75 Å². The van der Waals surface area contributed by atoms with Gasteiger partial charge < -0.3 is 14.1 Å². The maximum Gasteiger partial charge on any atom is 0.290 e. The van der Waals surface area contributed by atoms with Gasteiger partial charge in [-0.05, 0) is 47.9 Å². The molecule has 1 unspecified atom stereocenters. The summed E-state index contributed by atoms with van der Waals surface area (Å²) in [6.45, 7) is 0.436. The minimum atomic E-state index is -0.517. The normalized spacial score (nSPS) is 15.2. The van der Waals surface area contributed by atoms with Crippen LogP contribution >= 0.6 is 11.6 Å². The summed E-state index contributed by atoms with van der Waals surface area (Å²) in [4.78, 5) is 28.6. The topological polar surface area (TPSA) is 59.8 Å². The van der Waals surface area contributed by atoms with Crippen LogP contribution in [0.1, 0.15) is 33.3 Å². The zero-order valence-electron chi connectivity index (χ0n) is 17.4. The van der Waals surface area contributed by atoms with Crippen LogP contribution in [0.2, 0.25) is 5.02 Å². The summed E-state index contributed by atoms with van der Waals surface area (Å²) in [6, 6.07) is 21.7. The standard InChI is InChI=1S/C26H20ClNO4/c1-31-19-10-7-16(8-11-19)13-14-28-23(17-5-3-2-4-6-17)22-24(29)20-15-18(27)9-12-21(20)32-25(22)26(28)30/h2-12,15,23H,13-14H2,1H3. The van der Waals surface area contributed by atoms with Crippen LogP contribution < -0.4 is 10.2 Å². The zero-order valence-corrected chi connectivity index (χ0v) is 18.1. The minimum absolute atomic E-state index is 0.105. The van der Waals surface area contributed by atoms with E-state index < -0.39 is 6.04 Å². The highest BCUT2D eigenvalue weighted by molar-refractivity contribution is 6.31. The lowest BCUT2D eigenvalue weighted by Crippen LogP contribution is -2.31. The third-order valence-electron chi connectivity index (χ3n) is 5.84. The zero-order chi connectivity index (χ0) is 22.2. The van der Waals surface area contributed by atoms with Crippen LogP contribution in [0.3, 0.4) is 0 Å². The van der Waals surface area contributed by atoms with E-state index in [1.807, 2.05) is 54.6 Å². The summed E-state index contributed by atoms with van der Waals surface area (Å²) >= 11 is 6.12. The van der Waals surface area contributed by atoms with E-state index >= 15 is 0 Å². The Hall–Kier alpha value is -3.57. The molecule has 0 bridgehead atoms. The fourth-order valence-electron chi connectivity index (χ4n) is 4.25. The molecule has 1 aromatic heterocycles. The number of carbonyl (C=O) groups is 1. The molecule has 32 heavy (non-hydrogen) atoms. The summed E-state index contributed by atoms with van der Waals surface area (Å²) in [5.41, 5.74) is 2.43. The molecule has 1 aliphatic heterocycles. The number of nitrogens with zero attached hydrogens (tertiary/aromatic N) is 1. The molecule has 1 amide bonds. The third-order valence-corrected chi connectivity index (χ3v) is 6.08. The highest BCUT2D eigenvalue weighted by atomic mass is 35.5. The Kier molecular flexibility index (Phi) is 5.19. The molecule has 3 aromatic carbocycles. The Morgan fingerprint density at radius 3 is 2.47 bits per heavy atom. The molecule has 1 atom stereocenters. The molecular formula is C26H20ClNO4. The predicted octanol–water partition coefficient (Wildman–Crippen LogP) is 5.24. The SMILES string of the molecule is COc1ccc(CCN2C(=O)c3oc4ccc(Cl)cc4c(=O)c3C2c2ccccc2)cc1. The molecule has 0 fully saturated rings. The van der Waals surface area contributed by atoms with E-state index in [9.17, 15) is 9.59 Å². The number of hydrogen-bond donors (Lipinski definition) is 0. The van der Waals surface area contributed by atoms with Gasteiger partial charge in [-0.2, -0.15) is 0 Å². The number of carbonyl (C=O) groups excluding carboxylic acids is 1. The van der Waals surface area contributed by atoms with E-state index in [0.717, 1.165) is 16.9 Å². The monoisotopic (exact) mass is 445 g/mol. The maximum absolute atomic E-state index is 13.5. The van der Waals surface area contributed by atoms with Crippen LogP contribution in [0.15, 0.2) is 82.0 Å². The van der Waals surface area contributed by atoms with Crippen molar-refractivity contribution >= 4 is 28.5 Å². The molecule has 0 saturated heterocycles. The Labute approximate surface area is 189 Å². The molecule has 0 radical (unpaired) electrons. The molecule has 2 heterocycles. The van der Waals surface area contributed by atoms with Crippen molar-refractivity contribution in [2.45, 2.75) is 12.5 Å². The first kappa shape index (κ1) is 20.3. The summed E-state index contributed by atoms with van der Waals surface area (Å²) < 4.78 is 11.2. The number of hydrogen-bond acceptors (Lipinski definition) is 4. The Balaban J connectivity index is 1.59. The number of methoxy groups -OCH3 is 1. The molecule has 5 rings (SSSR count).